The maximum atomic E-state index is 11.5. The van der Waals surface area contributed by atoms with Crippen molar-refractivity contribution in [1.29, 1.82) is 0 Å². The highest BCUT2D eigenvalue weighted by Crippen LogP contribution is 2.36. The van der Waals surface area contributed by atoms with Crippen molar-refractivity contribution < 1.29 is 23.6 Å². The molecule has 0 N–H and O–H groups in total. The van der Waals surface area contributed by atoms with Gasteiger partial charge in [0.05, 0.1) is 24.4 Å². The molecule has 5 nitrogen and oxygen atoms in total. The minimum atomic E-state index is -0.608. The summed E-state index contributed by atoms with van der Waals surface area (Å²) in [7, 11) is -0.608. The second-order valence-corrected chi connectivity index (χ2v) is 7.88. The third kappa shape index (κ3) is 4.63. The van der Waals surface area contributed by atoms with Crippen molar-refractivity contribution in [1.82, 2.24) is 0 Å². The van der Waals surface area contributed by atoms with Crippen LogP contribution in [0.5, 0.6) is 5.75 Å². The summed E-state index contributed by atoms with van der Waals surface area (Å²) < 4.78 is 23.6. The smallest absolute Gasteiger partial charge is 0.491 e. The van der Waals surface area contributed by atoms with Crippen LogP contribution in [0.3, 0.4) is 0 Å². The Labute approximate surface area is 167 Å². The fourth-order valence-corrected chi connectivity index (χ4v) is 2.91. The molecule has 2 aromatic rings. The predicted octanol–water partition coefficient (Wildman–Crippen LogP) is 3.39. The standard InChI is InChI=1S/C22H27BO5/c1-21(2)22(3,4)28-23(27-21)20-14-19(11-10-18(20)15-24)26-13-12-25-16-17-8-6-5-7-9-17/h5-11,14-15H,12-13,16H2,1-4H3. The highest BCUT2D eigenvalue weighted by Gasteiger charge is 2.52. The number of benzene rings is 2. The van der Waals surface area contributed by atoms with E-state index in [0.717, 1.165) is 11.8 Å². The van der Waals surface area contributed by atoms with E-state index in [2.05, 4.69) is 0 Å². The van der Waals surface area contributed by atoms with Gasteiger partial charge in [0, 0.05) is 5.56 Å². The molecule has 0 unspecified atom stereocenters. The summed E-state index contributed by atoms with van der Waals surface area (Å²) in [5, 5.41) is 0. The molecule has 0 spiro atoms. The summed E-state index contributed by atoms with van der Waals surface area (Å²) in [6.07, 6.45) is 0.813. The van der Waals surface area contributed by atoms with Crippen molar-refractivity contribution in [2.45, 2.75) is 45.5 Å². The number of ether oxygens (including phenoxy) is 2. The predicted molar refractivity (Wildman–Crippen MR) is 109 cm³/mol. The Balaban J connectivity index is 1.59. The number of hydrogen-bond donors (Lipinski definition) is 0. The molecule has 28 heavy (non-hydrogen) atoms. The average Bonchev–Trinajstić information content (AvgIpc) is 2.89. The number of aldehydes is 1. The molecule has 3 rings (SSSR count). The zero-order chi connectivity index (χ0) is 20.2. The van der Waals surface area contributed by atoms with E-state index in [1.165, 1.54) is 0 Å². The molecular formula is C22H27BO5. The Morgan fingerprint density at radius 3 is 2.29 bits per heavy atom. The van der Waals surface area contributed by atoms with Gasteiger partial charge in [-0.15, -0.1) is 0 Å². The van der Waals surface area contributed by atoms with Crippen LogP contribution in [-0.4, -0.2) is 37.8 Å². The number of rotatable bonds is 8. The lowest BCUT2D eigenvalue weighted by Crippen LogP contribution is -2.41. The van der Waals surface area contributed by atoms with Gasteiger partial charge in [0.2, 0.25) is 0 Å². The molecule has 0 atom stereocenters. The molecule has 1 aliphatic heterocycles. The molecular weight excluding hydrogens is 355 g/mol. The SMILES string of the molecule is CC1(C)OB(c2cc(OCCOCc3ccccc3)ccc2C=O)OC1(C)C. The molecule has 1 fully saturated rings. The van der Waals surface area contributed by atoms with Crippen LogP contribution in [0.4, 0.5) is 0 Å². The van der Waals surface area contributed by atoms with Crippen LogP contribution in [0.25, 0.3) is 0 Å². The average molecular weight is 382 g/mol. The molecule has 1 aliphatic rings. The fourth-order valence-electron chi connectivity index (χ4n) is 2.91. The van der Waals surface area contributed by atoms with Gasteiger partial charge in [-0.25, -0.2) is 0 Å². The van der Waals surface area contributed by atoms with E-state index < -0.39 is 18.3 Å². The minimum absolute atomic E-state index is 0.413. The summed E-state index contributed by atoms with van der Waals surface area (Å²) in [5.41, 5.74) is 1.39. The van der Waals surface area contributed by atoms with Crippen molar-refractivity contribution >= 4 is 18.9 Å². The van der Waals surface area contributed by atoms with Gasteiger partial charge >= 0.3 is 7.12 Å². The molecule has 148 valence electrons. The molecule has 0 aliphatic carbocycles. The molecule has 1 saturated heterocycles. The van der Waals surface area contributed by atoms with Gasteiger partial charge in [-0.05, 0) is 56.9 Å². The quantitative estimate of drug-likeness (QED) is 0.398. The summed E-state index contributed by atoms with van der Waals surface area (Å²) in [6, 6.07) is 15.3. The lowest BCUT2D eigenvalue weighted by Gasteiger charge is -2.32. The second-order valence-electron chi connectivity index (χ2n) is 7.88. The van der Waals surface area contributed by atoms with Gasteiger partial charge < -0.3 is 18.8 Å². The number of carbonyl (C=O) groups excluding carboxylic acids is 1. The molecule has 1 heterocycles. The molecule has 0 aromatic heterocycles. The van der Waals surface area contributed by atoms with Crippen LogP contribution in [0, 0.1) is 0 Å². The van der Waals surface area contributed by atoms with Crippen molar-refractivity contribution in [3.63, 3.8) is 0 Å². The van der Waals surface area contributed by atoms with Gasteiger partial charge in [0.15, 0.2) is 0 Å². The van der Waals surface area contributed by atoms with Crippen LogP contribution in [0.2, 0.25) is 0 Å². The van der Waals surface area contributed by atoms with E-state index >= 15 is 0 Å². The maximum absolute atomic E-state index is 11.5. The zero-order valence-corrected chi connectivity index (χ0v) is 16.9. The van der Waals surface area contributed by atoms with Gasteiger partial charge in [0.25, 0.3) is 0 Å². The van der Waals surface area contributed by atoms with E-state index in [9.17, 15) is 4.79 Å². The normalized spacial score (nSPS) is 17.5. The zero-order valence-electron chi connectivity index (χ0n) is 16.9. The lowest BCUT2D eigenvalue weighted by molar-refractivity contribution is 0.00578. The summed E-state index contributed by atoms with van der Waals surface area (Å²) >= 11 is 0. The van der Waals surface area contributed by atoms with Crippen LogP contribution >= 0.6 is 0 Å². The Morgan fingerprint density at radius 1 is 0.964 bits per heavy atom. The molecule has 2 aromatic carbocycles. The third-order valence-electron chi connectivity index (χ3n) is 5.30. The minimum Gasteiger partial charge on any atom is -0.491 e. The first-order chi connectivity index (χ1) is 13.3. The molecule has 0 saturated carbocycles. The van der Waals surface area contributed by atoms with Gasteiger partial charge in [-0.3, -0.25) is 4.79 Å². The van der Waals surface area contributed by atoms with Crippen molar-refractivity contribution in [3.8, 4) is 5.75 Å². The van der Waals surface area contributed by atoms with E-state index in [1.807, 2.05) is 64.1 Å². The summed E-state index contributed by atoms with van der Waals surface area (Å²) in [4.78, 5) is 11.5. The third-order valence-corrected chi connectivity index (χ3v) is 5.30. The highest BCUT2D eigenvalue weighted by atomic mass is 16.7. The summed E-state index contributed by atoms with van der Waals surface area (Å²) in [5.74, 6) is 0.652. The van der Waals surface area contributed by atoms with Gasteiger partial charge in [-0.2, -0.15) is 0 Å². The Hall–Kier alpha value is -2.15. The Morgan fingerprint density at radius 2 is 1.64 bits per heavy atom. The molecule has 6 heteroatoms. The Bertz CT molecular complexity index is 788. The van der Waals surface area contributed by atoms with Crippen LogP contribution in [0.1, 0.15) is 43.6 Å². The number of carbonyl (C=O) groups is 1. The topological polar surface area (TPSA) is 54.0 Å². The van der Waals surface area contributed by atoms with Crippen molar-refractivity contribution in [2.75, 3.05) is 13.2 Å². The monoisotopic (exact) mass is 382 g/mol. The van der Waals surface area contributed by atoms with E-state index in [4.69, 9.17) is 18.8 Å². The first kappa shape index (κ1) is 20.6. The van der Waals surface area contributed by atoms with Crippen LogP contribution in [-0.2, 0) is 20.7 Å². The van der Waals surface area contributed by atoms with Crippen molar-refractivity contribution in [2.24, 2.45) is 0 Å². The first-order valence-electron chi connectivity index (χ1n) is 9.52. The molecule has 0 bridgehead atoms. The Kier molecular flexibility index (Phi) is 6.23. The van der Waals surface area contributed by atoms with Gasteiger partial charge in [-0.1, -0.05) is 30.3 Å². The highest BCUT2D eigenvalue weighted by molar-refractivity contribution is 6.63. The largest absolute Gasteiger partial charge is 0.495 e. The molecule has 0 amide bonds. The van der Waals surface area contributed by atoms with E-state index in [1.54, 1.807) is 12.1 Å². The van der Waals surface area contributed by atoms with E-state index in [0.29, 0.717) is 36.6 Å². The second kappa shape index (κ2) is 8.47. The van der Waals surface area contributed by atoms with Crippen LogP contribution in [0.15, 0.2) is 48.5 Å². The first-order valence-corrected chi connectivity index (χ1v) is 9.52. The fraction of sp³-hybridized carbons (Fsp3) is 0.409. The lowest BCUT2D eigenvalue weighted by atomic mass is 9.76. The van der Waals surface area contributed by atoms with Crippen molar-refractivity contribution in [3.05, 3.63) is 59.7 Å². The molecule has 0 radical (unpaired) electrons. The van der Waals surface area contributed by atoms with Crippen LogP contribution < -0.4 is 10.2 Å². The van der Waals surface area contributed by atoms with Gasteiger partial charge in [0.1, 0.15) is 18.6 Å². The maximum Gasteiger partial charge on any atom is 0.495 e. The number of hydrogen-bond acceptors (Lipinski definition) is 5. The summed E-state index contributed by atoms with van der Waals surface area (Å²) in [6.45, 7) is 9.37. The van der Waals surface area contributed by atoms with E-state index in [-0.39, 0.29) is 0 Å².